The van der Waals surface area contributed by atoms with Gasteiger partial charge in [0.25, 0.3) is 0 Å². The van der Waals surface area contributed by atoms with Crippen LogP contribution in [0.2, 0.25) is 0 Å². The Morgan fingerprint density at radius 3 is 2.00 bits per heavy atom. The van der Waals surface area contributed by atoms with E-state index in [0.29, 0.717) is 3.42 Å². The summed E-state index contributed by atoms with van der Waals surface area (Å²) >= 11 is 5.00. The maximum Gasteiger partial charge on any atom is 0.0285 e. The first-order valence-electron chi connectivity index (χ1n) is 3.23. The molecule has 0 N–H and O–H groups in total. The van der Waals surface area contributed by atoms with E-state index < -0.39 is 0 Å². The van der Waals surface area contributed by atoms with Crippen LogP contribution >= 0.6 is 45.2 Å². The average molecular weight is 352 g/mol. The zero-order valence-corrected chi connectivity index (χ0v) is 10.6. The summed E-state index contributed by atoms with van der Waals surface area (Å²) in [5.74, 6) is 0.835. The summed E-state index contributed by atoms with van der Waals surface area (Å²) in [5, 5.41) is 0. The van der Waals surface area contributed by atoms with Gasteiger partial charge in [0.15, 0.2) is 0 Å². The first kappa shape index (κ1) is 10.5. The van der Waals surface area contributed by atoms with E-state index in [4.69, 9.17) is 0 Å². The molecule has 0 aromatic heterocycles. The highest BCUT2D eigenvalue weighted by Crippen LogP contribution is 2.28. The van der Waals surface area contributed by atoms with Gasteiger partial charge in [-0.2, -0.15) is 0 Å². The van der Waals surface area contributed by atoms with Gasteiger partial charge < -0.3 is 0 Å². The highest BCUT2D eigenvalue weighted by molar-refractivity contribution is 14.1. The lowest BCUT2D eigenvalue weighted by molar-refractivity contribution is 0.527. The van der Waals surface area contributed by atoms with Gasteiger partial charge in [-0.3, -0.25) is 0 Å². The second-order valence-electron chi connectivity index (χ2n) is 3.14. The number of hydrogen-bond donors (Lipinski definition) is 0. The molecule has 0 aromatic rings. The van der Waals surface area contributed by atoms with Gasteiger partial charge in [0.1, 0.15) is 0 Å². The van der Waals surface area contributed by atoms with Crippen LogP contribution in [0.3, 0.4) is 0 Å². The second kappa shape index (κ2) is 4.36. The van der Waals surface area contributed by atoms with Gasteiger partial charge in [-0.05, 0) is 19.3 Å². The Kier molecular flexibility index (Phi) is 5.07. The van der Waals surface area contributed by atoms with Crippen LogP contribution in [-0.4, -0.2) is 7.85 Å². The molecule has 0 saturated heterocycles. The molecule has 0 heterocycles. The van der Waals surface area contributed by atoms with Crippen molar-refractivity contribution in [3.63, 3.8) is 0 Å². The Morgan fingerprint density at radius 1 is 1.44 bits per heavy atom. The van der Waals surface area contributed by atoms with Crippen LogP contribution in [0.25, 0.3) is 0 Å². The lowest BCUT2D eigenvalue weighted by atomic mass is 10.0. The first-order chi connectivity index (χ1) is 3.98. The third kappa shape index (κ3) is 5.88. The minimum absolute atomic E-state index is 0.520. The molecule has 0 rings (SSSR count). The van der Waals surface area contributed by atoms with Crippen molar-refractivity contribution in [3.05, 3.63) is 0 Å². The van der Waals surface area contributed by atoms with Gasteiger partial charge in [-0.25, -0.2) is 0 Å². The van der Waals surface area contributed by atoms with Gasteiger partial charge in [0, 0.05) is 7.85 Å². The summed E-state index contributed by atoms with van der Waals surface area (Å²) in [5.41, 5.74) is 0. The van der Waals surface area contributed by atoms with Gasteiger partial charge in [-0.1, -0.05) is 59.0 Å². The molecule has 0 bridgehead atoms. The van der Waals surface area contributed by atoms with Crippen LogP contribution in [0.5, 0.6) is 0 Å². The average Bonchev–Trinajstić information content (AvgIpc) is 1.63. The van der Waals surface area contributed by atoms with Crippen molar-refractivity contribution in [1.82, 2.24) is 0 Å². The molecule has 0 spiro atoms. The molecule has 1 unspecified atom stereocenters. The van der Waals surface area contributed by atoms with Crippen molar-refractivity contribution in [2.75, 3.05) is 4.43 Å². The fraction of sp³-hybridized carbons (Fsp3) is 1.00. The topological polar surface area (TPSA) is 0 Å². The number of rotatable bonds is 3. The SMILES string of the molecule is CC(C)CC(C)(I)CI. The number of halogens is 2. The number of alkyl halides is 2. The van der Waals surface area contributed by atoms with Gasteiger partial charge in [0.2, 0.25) is 0 Å². The van der Waals surface area contributed by atoms with Gasteiger partial charge >= 0.3 is 0 Å². The van der Waals surface area contributed by atoms with Crippen molar-refractivity contribution >= 4 is 45.2 Å². The maximum atomic E-state index is 2.55. The second-order valence-corrected chi connectivity index (χ2v) is 6.51. The molecule has 0 nitrogen and oxygen atoms in total. The van der Waals surface area contributed by atoms with E-state index in [1.54, 1.807) is 0 Å². The molecule has 0 aliphatic heterocycles. The third-order valence-corrected chi connectivity index (χ3v) is 5.08. The molecule has 0 amide bonds. The Labute approximate surface area is 85.5 Å². The zero-order chi connectivity index (χ0) is 7.49. The normalized spacial score (nSPS) is 18.0. The molecule has 1 atom stereocenters. The molecule has 0 radical (unpaired) electrons. The molecule has 0 saturated carbocycles. The van der Waals surface area contributed by atoms with E-state index in [2.05, 4.69) is 66.0 Å². The molecular weight excluding hydrogens is 338 g/mol. The van der Waals surface area contributed by atoms with Crippen molar-refractivity contribution in [1.29, 1.82) is 0 Å². The quantitative estimate of drug-likeness (QED) is 0.537. The fourth-order valence-electron chi connectivity index (χ4n) is 0.906. The molecule has 0 aromatic carbocycles. The van der Waals surface area contributed by atoms with Crippen LogP contribution in [0, 0.1) is 5.92 Å². The van der Waals surface area contributed by atoms with E-state index in [0.717, 1.165) is 5.92 Å². The Bertz CT molecular complexity index is 77.0. The van der Waals surface area contributed by atoms with Crippen LogP contribution in [0.1, 0.15) is 27.2 Å². The molecule has 56 valence electrons. The lowest BCUT2D eigenvalue weighted by Crippen LogP contribution is -2.19. The minimum atomic E-state index is 0.520. The molecule has 0 fully saturated rings. The summed E-state index contributed by atoms with van der Waals surface area (Å²) < 4.78 is 1.77. The summed E-state index contributed by atoms with van der Waals surface area (Å²) in [4.78, 5) is 0. The smallest absolute Gasteiger partial charge is 0.0285 e. The van der Waals surface area contributed by atoms with Gasteiger partial charge in [-0.15, -0.1) is 0 Å². The minimum Gasteiger partial charge on any atom is -0.0849 e. The molecular formula is C7H14I2. The first-order valence-corrected chi connectivity index (χ1v) is 5.83. The summed E-state index contributed by atoms with van der Waals surface area (Å²) in [7, 11) is 0. The summed E-state index contributed by atoms with van der Waals surface area (Å²) in [6.45, 7) is 6.88. The largest absolute Gasteiger partial charge is 0.0849 e. The summed E-state index contributed by atoms with van der Waals surface area (Å²) in [6.07, 6.45) is 1.33. The van der Waals surface area contributed by atoms with Crippen LogP contribution in [0.15, 0.2) is 0 Å². The van der Waals surface area contributed by atoms with Gasteiger partial charge in [0.05, 0.1) is 0 Å². The van der Waals surface area contributed by atoms with Crippen molar-refractivity contribution < 1.29 is 0 Å². The van der Waals surface area contributed by atoms with Crippen molar-refractivity contribution in [2.24, 2.45) is 5.92 Å². The van der Waals surface area contributed by atoms with E-state index >= 15 is 0 Å². The van der Waals surface area contributed by atoms with Crippen molar-refractivity contribution in [2.45, 2.75) is 30.6 Å². The predicted molar refractivity (Wildman–Crippen MR) is 60.8 cm³/mol. The Morgan fingerprint density at radius 2 is 1.89 bits per heavy atom. The summed E-state index contributed by atoms with van der Waals surface area (Å²) in [6, 6.07) is 0. The van der Waals surface area contributed by atoms with E-state index in [1.165, 1.54) is 10.8 Å². The van der Waals surface area contributed by atoms with Crippen LogP contribution in [0.4, 0.5) is 0 Å². The van der Waals surface area contributed by atoms with E-state index in [1.807, 2.05) is 0 Å². The third-order valence-electron chi connectivity index (χ3n) is 1.11. The highest BCUT2D eigenvalue weighted by Gasteiger charge is 2.18. The number of hydrogen-bond acceptors (Lipinski definition) is 0. The fourth-order valence-corrected chi connectivity index (χ4v) is 2.10. The highest BCUT2D eigenvalue weighted by atomic mass is 127. The van der Waals surface area contributed by atoms with Crippen LogP contribution in [-0.2, 0) is 0 Å². The molecule has 9 heavy (non-hydrogen) atoms. The Hall–Kier alpha value is 1.46. The van der Waals surface area contributed by atoms with E-state index in [-0.39, 0.29) is 0 Å². The molecule has 2 heteroatoms. The standard InChI is InChI=1S/C7H14I2/c1-6(2)4-7(3,9)5-8/h6H,4-5H2,1-3H3. The molecule has 0 aliphatic carbocycles. The monoisotopic (exact) mass is 352 g/mol. The lowest BCUT2D eigenvalue weighted by Gasteiger charge is -2.21. The van der Waals surface area contributed by atoms with Crippen molar-refractivity contribution in [3.8, 4) is 0 Å². The Balaban J connectivity index is 3.58. The molecule has 0 aliphatic rings. The van der Waals surface area contributed by atoms with Crippen LogP contribution < -0.4 is 0 Å². The predicted octanol–water partition coefficient (Wildman–Crippen LogP) is 3.66. The van der Waals surface area contributed by atoms with E-state index in [9.17, 15) is 0 Å². The zero-order valence-electron chi connectivity index (χ0n) is 6.25. The maximum absolute atomic E-state index is 2.55.